The Kier molecular flexibility index (Phi) is 4.79. The van der Waals surface area contributed by atoms with Gasteiger partial charge < -0.3 is 9.47 Å². The predicted molar refractivity (Wildman–Crippen MR) is 109 cm³/mol. The van der Waals surface area contributed by atoms with E-state index in [2.05, 4.69) is 41.0 Å². The van der Waals surface area contributed by atoms with Crippen LogP contribution in [0.25, 0.3) is 11.4 Å². The molecule has 0 spiro atoms. The van der Waals surface area contributed by atoms with Gasteiger partial charge in [0, 0.05) is 17.7 Å². The van der Waals surface area contributed by atoms with Gasteiger partial charge in [0.25, 0.3) is 0 Å². The van der Waals surface area contributed by atoms with Crippen molar-refractivity contribution in [3.05, 3.63) is 24.0 Å². The van der Waals surface area contributed by atoms with E-state index < -0.39 is 0 Å². The van der Waals surface area contributed by atoms with E-state index in [1.165, 1.54) is 19.3 Å². The molecule has 0 aromatic carbocycles. The van der Waals surface area contributed by atoms with Gasteiger partial charge in [0.05, 0.1) is 31.6 Å². The molecule has 3 heterocycles. The molecule has 0 N–H and O–H groups in total. The molecular weight excluding hydrogens is 364 g/mol. The molecule has 0 amide bonds. The zero-order valence-electron chi connectivity index (χ0n) is 17.2. The molecule has 2 aliphatic carbocycles. The van der Waals surface area contributed by atoms with Crippen molar-refractivity contribution in [2.24, 2.45) is 11.3 Å². The van der Waals surface area contributed by atoms with Crippen molar-refractivity contribution in [1.29, 1.82) is 0 Å². The maximum Gasteiger partial charge on any atom is 0.148 e. The Labute approximate surface area is 172 Å². The number of hydrogen-bond donors (Lipinski definition) is 0. The second-order valence-electron chi connectivity index (χ2n) is 9.39. The summed E-state index contributed by atoms with van der Waals surface area (Å²) in [7, 11) is 0. The minimum atomic E-state index is 0.188. The Morgan fingerprint density at radius 3 is 2.83 bits per heavy atom. The van der Waals surface area contributed by atoms with Gasteiger partial charge in [-0.05, 0) is 50.0 Å². The van der Waals surface area contributed by atoms with Gasteiger partial charge in [0.1, 0.15) is 17.1 Å². The molecule has 152 valence electrons. The van der Waals surface area contributed by atoms with E-state index in [-0.39, 0.29) is 17.6 Å². The fourth-order valence-electron chi connectivity index (χ4n) is 3.47. The summed E-state index contributed by atoms with van der Waals surface area (Å²) in [4.78, 5) is 4.63. The predicted octanol–water partition coefficient (Wildman–Crippen LogP) is 3.85. The standard InChI is InChI=1S/C23H28N4O2/c1-23(2)10-9-19(28-15-23)13-27-14-20(25-26-27)22-21(29-18-7-8-18)11-17(12-24-22)6-5-16-3-4-16/h11-12,14,16,18-19H,3-4,7-10,13,15H2,1-2H3. The van der Waals surface area contributed by atoms with E-state index >= 15 is 0 Å². The first-order valence-electron chi connectivity index (χ1n) is 10.7. The molecule has 3 fully saturated rings. The largest absolute Gasteiger partial charge is 0.488 e. The zero-order chi connectivity index (χ0) is 19.8. The third-order valence-electron chi connectivity index (χ3n) is 5.69. The normalized spacial score (nSPS) is 23.3. The van der Waals surface area contributed by atoms with Gasteiger partial charge in [0.2, 0.25) is 0 Å². The van der Waals surface area contributed by atoms with Gasteiger partial charge in [-0.15, -0.1) is 5.10 Å². The van der Waals surface area contributed by atoms with Gasteiger partial charge >= 0.3 is 0 Å². The van der Waals surface area contributed by atoms with Crippen LogP contribution in [0.1, 0.15) is 57.9 Å². The monoisotopic (exact) mass is 392 g/mol. The second-order valence-corrected chi connectivity index (χ2v) is 9.39. The van der Waals surface area contributed by atoms with Crippen LogP contribution in [0.3, 0.4) is 0 Å². The van der Waals surface area contributed by atoms with Crippen molar-refractivity contribution in [3.8, 4) is 29.0 Å². The number of pyridine rings is 1. The van der Waals surface area contributed by atoms with Crippen LogP contribution in [0.5, 0.6) is 5.75 Å². The molecule has 1 atom stereocenters. The van der Waals surface area contributed by atoms with E-state index in [0.29, 0.717) is 12.5 Å². The number of ether oxygens (including phenoxy) is 2. The molecule has 0 radical (unpaired) electrons. The molecule has 3 aliphatic rings. The molecule has 1 unspecified atom stereocenters. The van der Waals surface area contributed by atoms with E-state index in [9.17, 15) is 0 Å². The molecule has 6 heteroatoms. The minimum absolute atomic E-state index is 0.188. The number of nitrogens with zero attached hydrogens (tertiary/aromatic N) is 4. The molecule has 29 heavy (non-hydrogen) atoms. The minimum Gasteiger partial charge on any atom is -0.488 e. The lowest BCUT2D eigenvalue weighted by Crippen LogP contribution is -2.34. The molecule has 5 rings (SSSR count). The quantitative estimate of drug-likeness (QED) is 0.724. The fourth-order valence-corrected chi connectivity index (χ4v) is 3.47. The van der Waals surface area contributed by atoms with Crippen LogP contribution in [-0.2, 0) is 11.3 Å². The highest BCUT2D eigenvalue weighted by molar-refractivity contribution is 5.63. The van der Waals surface area contributed by atoms with Crippen molar-refractivity contribution in [1.82, 2.24) is 20.0 Å². The van der Waals surface area contributed by atoms with E-state index in [0.717, 1.165) is 48.6 Å². The maximum absolute atomic E-state index is 6.12. The summed E-state index contributed by atoms with van der Waals surface area (Å²) in [6.07, 6.45) is 11.1. The summed E-state index contributed by atoms with van der Waals surface area (Å²) in [5.41, 5.74) is 2.65. The van der Waals surface area contributed by atoms with Gasteiger partial charge in [-0.3, -0.25) is 0 Å². The highest BCUT2D eigenvalue weighted by atomic mass is 16.5. The molecular formula is C23H28N4O2. The van der Waals surface area contributed by atoms with Crippen LogP contribution >= 0.6 is 0 Å². The lowest BCUT2D eigenvalue weighted by atomic mass is 9.85. The Morgan fingerprint density at radius 2 is 2.10 bits per heavy atom. The smallest absolute Gasteiger partial charge is 0.148 e. The highest BCUT2D eigenvalue weighted by Crippen LogP contribution is 2.34. The van der Waals surface area contributed by atoms with Crippen molar-refractivity contribution >= 4 is 0 Å². The van der Waals surface area contributed by atoms with Crippen LogP contribution in [0.4, 0.5) is 0 Å². The number of aromatic nitrogens is 4. The van der Waals surface area contributed by atoms with E-state index in [1.807, 2.05) is 23.1 Å². The Balaban J connectivity index is 1.32. The Bertz CT molecular complexity index is 937. The van der Waals surface area contributed by atoms with E-state index in [4.69, 9.17) is 9.47 Å². The highest BCUT2D eigenvalue weighted by Gasteiger charge is 2.29. The lowest BCUT2D eigenvalue weighted by molar-refractivity contribution is -0.0562. The SMILES string of the molecule is CC1(C)CCC(Cn2cc(-c3ncc(C#CC4CC4)cc3OC3CC3)nn2)OC1. The zero-order valence-corrected chi connectivity index (χ0v) is 17.2. The number of rotatable bonds is 5. The molecule has 6 nitrogen and oxygen atoms in total. The second kappa shape index (κ2) is 7.46. The van der Waals surface area contributed by atoms with Crippen LogP contribution in [0.2, 0.25) is 0 Å². The van der Waals surface area contributed by atoms with Crippen LogP contribution < -0.4 is 4.74 Å². The van der Waals surface area contributed by atoms with Crippen molar-refractivity contribution < 1.29 is 9.47 Å². The molecule has 0 bridgehead atoms. The first kappa shape index (κ1) is 18.6. The fraction of sp³-hybridized carbons (Fsp3) is 0.609. The summed E-state index contributed by atoms with van der Waals surface area (Å²) in [6, 6.07) is 2.00. The van der Waals surface area contributed by atoms with Crippen LogP contribution in [0.15, 0.2) is 18.5 Å². The van der Waals surface area contributed by atoms with Crippen LogP contribution in [-0.4, -0.2) is 38.8 Å². The maximum atomic E-state index is 6.12. The average Bonchev–Trinajstić information content (AvgIpc) is 3.63. The molecule has 2 aromatic rings. The summed E-state index contributed by atoms with van der Waals surface area (Å²) >= 11 is 0. The average molecular weight is 393 g/mol. The first-order chi connectivity index (χ1) is 14.0. The summed E-state index contributed by atoms with van der Waals surface area (Å²) in [6.45, 7) is 6.02. The molecule has 1 aliphatic heterocycles. The van der Waals surface area contributed by atoms with Gasteiger partial charge in [-0.2, -0.15) is 0 Å². The summed E-state index contributed by atoms with van der Waals surface area (Å²) < 4.78 is 14.0. The van der Waals surface area contributed by atoms with Gasteiger partial charge in [-0.25, -0.2) is 9.67 Å². The van der Waals surface area contributed by atoms with E-state index in [1.54, 1.807) is 0 Å². The summed E-state index contributed by atoms with van der Waals surface area (Å²) in [5.74, 6) is 7.85. The third-order valence-corrected chi connectivity index (χ3v) is 5.69. The molecule has 2 aromatic heterocycles. The topological polar surface area (TPSA) is 62.1 Å². The van der Waals surface area contributed by atoms with Gasteiger partial charge in [-0.1, -0.05) is 30.9 Å². The Morgan fingerprint density at radius 1 is 1.24 bits per heavy atom. The van der Waals surface area contributed by atoms with Crippen molar-refractivity contribution in [2.75, 3.05) is 6.61 Å². The molecule has 2 saturated carbocycles. The van der Waals surface area contributed by atoms with Crippen molar-refractivity contribution in [3.63, 3.8) is 0 Å². The van der Waals surface area contributed by atoms with Gasteiger partial charge in [0.15, 0.2) is 0 Å². The van der Waals surface area contributed by atoms with Crippen LogP contribution in [0, 0.1) is 23.2 Å². The lowest BCUT2D eigenvalue weighted by Gasteiger charge is -2.34. The third kappa shape index (κ3) is 4.79. The Hall–Kier alpha value is -2.39. The number of hydrogen-bond acceptors (Lipinski definition) is 5. The van der Waals surface area contributed by atoms with Crippen molar-refractivity contribution in [2.45, 2.75) is 71.1 Å². The summed E-state index contributed by atoms with van der Waals surface area (Å²) in [5, 5.41) is 8.67. The molecule has 1 saturated heterocycles. The first-order valence-corrected chi connectivity index (χ1v) is 10.7.